The Kier molecular flexibility index (Phi) is 8.01. The summed E-state index contributed by atoms with van der Waals surface area (Å²) in [4.78, 5) is 21.1. The lowest BCUT2D eigenvalue weighted by molar-refractivity contribution is -0.136. The molecular formula is C40H39Cl2FN6O2S. The zero-order valence-corrected chi connectivity index (χ0v) is 31.4. The van der Waals surface area contributed by atoms with Crippen molar-refractivity contribution < 1.29 is 16.7 Å². The van der Waals surface area contributed by atoms with Crippen molar-refractivity contribution in [3.05, 3.63) is 79.8 Å². The summed E-state index contributed by atoms with van der Waals surface area (Å²) in [5.41, 5.74) is 4.98. The minimum atomic E-state index is -2.15. The second-order valence-corrected chi connectivity index (χ2v) is 16.3. The van der Waals surface area contributed by atoms with Gasteiger partial charge in [0.05, 0.1) is 60.9 Å². The van der Waals surface area contributed by atoms with E-state index in [-0.39, 0.29) is 52.1 Å². The Morgan fingerprint density at radius 1 is 1.23 bits per heavy atom. The molecule has 1 amide bonds. The molecule has 12 heteroatoms. The molecule has 52 heavy (non-hydrogen) atoms. The monoisotopic (exact) mass is 758 g/mol. The number of fused-ring (bicyclic) bond motifs is 4. The third kappa shape index (κ3) is 5.38. The Labute approximate surface area is 318 Å². The predicted molar refractivity (Wildman–Crippen MR) is 202 cm³/mol. The average molecular weight is 760 g/mol. The molecule has 268 valence electrons. The lowest BCUT2D eigenvalue weighted by Crippen LogP contribution is -2.43. The number of hydrogen-bond acceptors (Lipinski definition) is 7. The van der Waals surface area contributed by atoms with Crippen molar-refractivity contribution in [2.75, 3.05) is 6.54 Å². The summed E-state index contributed by atoms with van der Waals surface area (Å²) in [6.07, 6.45) is 2.94. The van der Waals surface area contributed by atoms with Gasteiger partial charge in [-0.05, 0) is 93.2 Å². The van der Waals surface area contributed by atoms with Crippen molar-refractivity contribution >= 4 is 62.4 Å². The molecule has 10 rings (SSSR count). The molecule has 5 fully saturated rings. The van der Waals surface area contributed by atoms with Gasteiger partial charge in [-0.25, -0.2) is 9.37 Å². The average Bonchev–Trinajstić information content (AvgIpc) is 3.51. The minimum Gasteiger partial charge on any atom is -0.370 e. The molecule has 0 spiro atoms. The first-order valence-corrected chi connectivity index (χ1v) is 19.6. The molecule has 2 bridgehead atoms. The summed E-state index contributed by atoms with van der Waals surface area (Å²) in [5.74, 6) is -0.182. The summed E-state index contributed by atoms with van der Waals surface area (Å²) in [6, 6.07) is 10.9. The van der Waals surface area contributed by atoms with Crippen molar-refractivity contribution in [3.63, 3.8) is 0 Å². The van der Waals surface area contributed by atoms with Crippen LogP contribution in [0.5, 0.6) is 0 Å². The molecule has 1 N–H and O–H groups in total. The molecule has 2 aromatic carbocycles. The van der Waals surface area contributed by atoms with Crippen LogP contribution in [0.25, 0.3) is 32.9 Å². The highest BCUT2D eigenvalue weighted by Crippen LogP contribution is 2.52. The largest absolute Gasteiger partial charge is 0.370 e. The maximum atomic E-state index is 17.3. The molecule has 5 aliphatic rings. The van der Waals surface area contributed by atoms with Gasteiger partial charge in [0.15, 0.2) is 5.82 Å². The molecule has 8 nitrogen and oxygen atoms in total. The van der Waals surface area contributed by atoms with Crippen LogP contribution in [0.4, 0.5) is 4.39 Å². The van der Waals surface area contributed by atoms with Gasteiger partial charge in [-0.15, -0.1) is 0 Å². The van der Waals surface area contributed by atoms with Gasteiger partial charge in [0.1, 0.15) is 5.52 Å². The Morgan fingerprint density at radius 2 is 2.06 bits per heavy atom. The first-order valence-electron chi connectivity index (χ1n) is 19.0. The van der Waals surface area contributed by atoms with E-state index in [0.29, 0.717) is 46.0 Å². The van der Waals surface area contributed by atoms with Gasteiger partial charge >= 0.3 is 0 Å². The summed E-state index contributed by atoms with van der Waals surface area (Å²) in [5, 5.41) is 17.2. The van der Waals surface area contributed by atoms with Crippen LogP contribution in [0.15, 0.2) is 35.7 Å². The maximum absolute atomic E-state index is 17.3. The van der Waals surface area contributed by atoms with Crippen LogP contribution in [0.3, 0.4) is 0 Å². The van der Waals surface area contributed by atoms with Crippen LogP contribution in [0.1, 0.15) is 82.1 Å². The SMILES string of the molecule is [2H]C([2H])(O[C@H]1C[C@H](c2cc3c(C)nc4c(F)c(-c5cccc(Cl)c5Cl)c(CCC#N)cc4c3n2[C@H]2[C@H]3CN[C@@H]2C3)N(C(=O)C2CC2)[C@@H]1C)c1nscc1C. The van der Waals surface area contributed by atoms with E-state index in [1.807, 2.05) is 37.1 Å². The van der Waals surface area contributed by atoms with Gasteiger partial charge in [-0.1, -0.05) is 35.3 Å². The van der Waals surface area contributed by atoms with E-state index in [1.54, 1.807) is 18.2 Å². The zero-order valence-electron chi connectivity index (χ0n) is 31.1. The number of ether oxygens (including phenoxy) is 1. The van der Waals surface area contributed by atoms with Gasteiger partial charge in [0.25, 0.3) is 0 Å². The van der Waals surface area contributed by atoms with Crippen molar-refractivity contribution in [1.29, 1.82) is 5.26 Å². The molecule has 3 aromatic heterocycles. The second kappa shape index (κ2) is 13.1. The Bertz CT molecular complexity index is 2400. The summed E-state index contributed by atoms with van der Waals surface area (Å²) >= 11 is 14.3. The third-order valence-corrected chi connectivity index (χ3v) is 13.3. The maximum Gasteiger partial charge on any atom is 0.226 e. The number of aromatic nitrogens is 3. The number of benzene rings is 2. The third-order valence-electron chi connectivity index (χ3n) is 11.8. The molecule has 6 heterocycles. The molecule has 3 aliphatic heterocycles. The number of nitrogens with one attached hydrogen (secondary N) is 1. The summed E-state index contributed by atoms with van der Waals surface area (Å²) in [7, 11) is 0. The molecular weight excluding hydrogens is 718 g/mol. The fraction of sp³-hybridized carbons (Fsp3) is 0.450. The topological polar surface area (TPSA) is 96.1 Å². The number of amides is 1. The molecule has 6 atom stereocenters. The number of hydrogen-bond donors (Lipinski definition) is 1. The predicted octanol–water partition coefficient (Wildman–Crippen LogP) is 9.02. The molecule has 3 saturated heterocycles. The number of carbonyl (C=O) groups excluding carboxylic acids is 1. The van der Waals surface area contributed by atoms with E-state index in [1.165, 1.54) is 11.5 Å². The van der Waals surface area contributed by atoms with Crippen LogP contribution in [-0.4, -0.2) is 49.5 Å². The first kappa shape index (κ1) is 31.9. The van der Waals surface area contributed by atoms with Crippen LogP contribution in [-0.2, 0) is 22.5 Å². The van der Waals surface area contributed by atoms with Crippen molar-refractivity contribution in [1.82, 2.24) is 24.1 Å². The Morgan fingerprint density at radius 3 is 2.75 bits per heavy atom. The van der Waals surface area contributed by atoms with E-state index in [2.05, 4.69) is 26.4 Å². The molecule has 2 saturated carbocycles. The van der Waals surface area contributed by atoms with Gasteiger partial charge in [-0.3, -0.25) is 4.79 Å². The van der Waals surface area contributed by atoms with Gasteiger partial charge in [0.2, 0.25) is 5.91 Å². The number of nitrogens with zero attached hydrogens (tertiary/aromatic N) is 5. The lowest BCUT2D eigenvalue weighted by Gasteiger charge is -2.39. The lowest BCUT2D eigenvalue weighted by atomic mass is 9.79. The normalized spacial score (nSPS) is 26.1. The van der Waals surface area contributed by atoms with E-state index in [0.717, 1.165) is 48.0 Å². The fourth-order valence-electron chi connectivity index (χ4n) is 8.91. The Hall–Kier alpha value is -3.59. The minimum absolute atomic E-state index is 0.0584. The quantitative estimate of drug-likeness (QED) is 0.161. The number of halogens is 3. The van der Waals surface area contributed by atoms with Gasteiger partial charge < -0.3 is 19.5 Å². The van der Waals surface area contributed by atoms with Crippen LogP contribution in [0.2, 0.25) is 10.0 Å². The number of aryl methyl sites for hydroxylation is 3. The number of rotatable bonds is 9. The number of nitriles is 1. The highest BCUT2D eigenvalue weighted by Gasteiger charge is 2.52. The highest BCUT2D eigenvalue weighted by molar-refractivity contribution is 7.03. The first-order chi connectivity index (χ1) is 25.9. The summed E-state index contributed by atoms with van der Waals surface area (Å²) in [6.45, 7) is 4.39. The van der Waals surface area contributed by atoms with Crippen molar-refractivity contribution in [3.8, 4) is 17.2 Å². The van der Waals surface area contributed by atoms with Crippen LogP contribution < -0.4 is 5.32 Å². The van der Waals surface area contributed by atoms with Crippen molar-refractivity contribution in [2.24, 2.45) is 11.8 Å². The number of likely N-dealkylation sites (tertiary alicyclic amines) is 1. The highest BCUT2D eigenvalue weighted by atomic mass is 35.5. The smallest absolute Gasteiger partial charge is 0.226 e. The second-order valence-electron chi connectivity index (χ2n) is 14.9. The number of carbonyl (C=O) groups is 1. The molecule has 0 unspecified atom stereocenters. The van der Waals surface area contributed by atoms with Gasteiger partial charge in [-0.2, -0.15) is 9.64 Å². The van der Waals surface area contributed by atoms with Crippen LogP contribution in [0, 0.1) is 42.8 Å². The van der Waals surface area contributed by atoms with Crippen LogP contribution >= 0.6 is 34.7 Å². The van der Waals surface area contributed by atoms with Crippen molar-refractivity contribution in [2.45, 2.75) is 96.1 Å². The molecule has 2 aliphatic carbocycles. The zero-order chi connectivity index (χ0) is 37.8. The van der Waals surface area contributed by atoms with E-state index >= 15 is 4.39 Å². The van der Waals surface area contributed by atoms with Gasteiger partial charge in [0, 0.05) is 70.0 Å². The standard InChI is InChI=1S/C40H39Cl2FN6O2S/c1-19-18-52-47-30(19)17-51-33-15-32(48(21(33)3)40(50)22-9-10-22)31-14-26-20(2)46-37-27(39(26)49(31)38-24-13-29(38)45-16-24)12-23(6-5-11-44)34(36(37)43)25-7-4-8-28(41)35(25)42/h4,7-8,12,14,18,21-22,24,29,32-33,38,45H,5-6,9-10,13,15-17H2,1-3H3/t21-,24-,29-,32-,33+,38+/m1/s1/i17D2. The van der Waals surface area contributed by atoms with E-state index < -0.39 is 30.6 Å². The number of pyridine rings is 1. The molecule has 5 aromatic rings. The fourth-order valence-corrected chi connectivity index (χ4v) is 9.92. The Balaban J connectivity index is 1.26. The van der Waals surface area contributed by atoms with E-state index in [4.69, 9.17) is 35.7 Å². The molecule has 0 radical (unpaired) electrons. The summed E-state index contributed by atoms with van der Waals surface area (Å²) < 4.78 is 48.1. The van der Waals surface area contributed by atoms with E-state index in [9.17, 15) is 10.1 Å².